The number of phenols is 1. The third kappa shape index (κ3) is 6.53. The summed E-state index contributed by atoms with van der Waals surface area (Å²) in [6.45, 7) is 2.54. The summed E-state index contributed by atoms with van der Waals surface area (Å²) in [4.78, 5) is 26.3. The fraction of sp³-hybridized carbons (Fsp3) is 0.259. The SMILES string of the molecule is CCCC[C@H](NCc1ccc(O)cc1)C(=O)NC(=O)C(c1ccccc1)c1ccccc1. The van der Waals surface area contributed by atoms with Crippen molar-refractivity contribution in [2.75, 3.05) is 0 Å². The summed E-state index contributed by atoms with van der Waals surface area (Å²) in [5.41, 5.74) is 2.63. The van der Waals surface area contributed by atoms with Crippen LogP contribution in [-0.4, -0.2) is 23.0 Å². The fourth-order valence-corrected chi connectivity index (χ4v) is 3.66. The van der Waals surface area contributed by atoms with Gasteiger partial charge in [-0.25, -0.2) is 0 Å². The summed E-state index contributed by atoms with van der Waals surface area (Å²) in [6.07, 6.45) is 2.46. The maximum atomic E-state index is 13.3. The van der Waals surface area contributed by atoms with Gasteiger partial charge in [0.25, 0.3) is 0 Å². The van der Waals surface area contributed by atoms with E-state index in [1.165, 1.54) is 0 Å². The van der Waals surface area contributed by atoms with E-state index < -0.39 is 12.0 Å². The van der Waals surface area contributed by atoms with Crippen LogP contribution in [0.1, 0.15) is 48.8 Å². The molecule has 0 aliphatic heterocycles. The molecule has 0 spiro atoms. The minimum atomic E-state index is -0.565. The summed E-state index contributed by atoms with van der Waals surface area (Å²) in [6, 6.07) is 25.4. The maximum Gasteiger partial charge on any atom is 0.243 e. The van der Waals surface area contributed by atoms with Gasteiger partial charge in [0, 0.05) is 6.54 Å². The number of phenolic OH excluding ortho intramolecular Hbond substituents is 1. The molecule has 3 aromatic rings. The summed E-state index contributed by atoms with van der Waals surface area (Å²) in [7, 11) is 0. The lowest BCUT2D eigenvalue weighted by Crippen LogP contribution is -2.47. The lowest BCUT2D eigenvalue weighted by Gasteiger charge is -2.21. The highest BCUT2D eigenvalue weighted by Gasteiger charge is 2.27. The molecular formula is C27H30N2O3. The Hall–Kier alpha value is -3.44. The van der Waals surface area contributed by atoms with Gasteiger partial charge in [-0.3, -0.25) is 14.9 Å². The van der Waals surface area contributed by atoms with Crippen molar-refractivity contribution in [2.24, 2.45) is 0 Å². The molecule has 0 bridgehead atoms. The molecule has 0 radical (unpaired) electrons. The molecule has 0 saturated carbocycles. The highest BCUT2D eigenvalue weighted by Crippen LogP contribution is 2.24. The van der Waals surface area contributed by atoms with Crippen LogP contribution in [0, 0.1) is 0 Å². The summed E-state index contributed by atoms with van der Waals surface area (Å²) >= 11 is 0. The second kappa shape index (κ2) is 11.8. The first-order valence-corrected chi connectivity index (χ1v) is 11.0. The Kier molecular flexibility index (Phi) is 8.58. The number of rotatable bonds is 10. The van der Waals surface area contributed by atoms with E-state index in [9.17, 15) is 14.7 Å². The first kappa shape index (κ1) is 23.2. The lowest BCUT2D eigenvalue weighted by atomic mass is 9.90. The molecule has 32 heavy (non-hydrogen) atoms. The van der Waals surface area contributed by atoms with Crippen LogP contribution in [0.15, 0.2) is 84.9 Å². The van der Waals surface area contributed by atoms with E-state index in [2.05, 4.69) is 17.6 Å². The van der Waals surface area contributed by atoms with Crippen LogP contribution in [0.5, 0.6) is 5.75 Å². The number of hydrogen-bond donors (Lipinski definition) is 3. The van der Waals surface area contributed by atoms with Crippen LogP contribution in [0.3, 0.4) is 0 Å². The van der Waals surface area contributed by atoms with Gasteiger partial charge >= 0.3 is 0 Å². The molecule has 0 aliphatic carbocycles. The van der Waals surface area contributed by atoms with Crippen LogP contribution in [0.4, 0.5) is 0 Å². The Labute approximate surface area is 189 Å². The molecule has 5 heteroatoms. The number of carbonyl (C=O) groups excluding carboxylic acids is 2. The number of nitrogens with one attached hydrogen (secondary N) is 2. The van der Waals surface area contributed by atoms with Crippen LogP contribution < -0.4 is 10.6 Å². The van der Waals surface area contributed by atoms with Gasteiger partial charge in [-0.05, 0) is 35.2 Å². The van der Waals surface area contributed by atoms with Crippen LogP contribution in [0.25, 0.3) is 0 Å². The number of imide groups is 1. The molecule has 1 atom stereocenters. The second-order valence-electron chi connectivity index (χ2n) is 7.85. The van der Waals surface area contributed by atoms with Crippen molar-refractivity contribution in [3.05, 3.63) is 102 Å². The van der Waals surface area contributed by atoms with Crippen molar-refractivity contribution in [1.29, 1.82) is 0 Å². The standard InChI is InChI=1S/C27H30N2O3/c1-2-3-14-24(28-19-20-15-17-23(30)18-16-20)26(31)29-27(32)25(21-10-6-4-7-11-21)22-12-8-5-9-13-22/h4-13,15-18,24-25,28,30H,2-3,14,19H2,1H3,(H,29,31,32)/t24-/m0/s1. The van der Waals surface area contributed by atoms with Gasteiger partial charge in [-0.1, -0.05) is 92.6 Å². The fourth-order valence-electron chi connectivity index (χ4n) is 3.66. The Bertz CT molecular complexity index is 949. The Morgan fingerprint density at radius 3 is 1.91 bits per heavy atom. The molecule has 5 nitrogen and oxygen atoms in total. The zero-order chi connectivity index (χ0) is 22.8. The normalized spacial score (nSPS) is 11.8. The maximum absolute atomic E-state index is 13.3. The number of hydrogen-bond acceptors (Lipinski definition) is 4. The van der Waals surface area contributed by atoms with Gasteiger partial charge in [-0.15, -0.1) is 0 Å². The van der Waals surface area contributed by atoms with Crippen molar-refractivity contribution >= 4 is 11.8 Å². The van der Waals surface area contributed by atoms with Crippen LogP contribution in [-0.2, 0) is 16.1 Å². The van der Waals surface area contributed by atoms with Crippen molar-refractivity contribution in [3.63, 3.8) is 0 Å². The van der Waals surface area contributed by atoms with E-state index in [4.69, 9.17) is 0 Å². The number of aromatic hydroxyl groups is 1. The third-order valence-corrected chi connectivity index (χ3v) is 5.43. The molecule has 2 amide bonds. The van der Waals surface area contributed by atoms with Crippen molar-refractivity contribution < 1.29 is 14.7 Å². The van der Waals surface area contributed by atoms with Gasteiger partial charge in [0.2, 0.25) is 11.8 Å². The van der Waals surface area contributed by atoms with Gasteiger partial charge in [-0.2, -0.15) is 0 Å². The van der Waals surface area contributed by atoms with Crippen molar-refractivity contribution in [3.8, 4) is 5.75 Å². The van der Waals surface area contributed by atoms with Crippen molar-refractivity contribution in [2.45, 2.75) is 44.7 Å². The average molecular weight is 431 g/mol. The molecule has 0 fully saturated rings. The molecule has 0 heterocycles. The van der Waals surface area contributed by atoms with E-state index >= 15 is 0 Å². The average Bonchev–Trinajstić information content (AvgIpc) is 2.81. The summed E-state index contributed by atoms with van der Waals surface area (Å²) < 4.78 is 0. The Balaban J connectivity index is 1.73. The largest absolute Gasteiger partial charge is 0.508 e. The van der Waals surface area contributed by atoms with Crippen molar-refractivity contribution in [1.82, 2.24) is 10.6 Å². The number of carbonyl (C=O) groups is 2. The van der Waals surface area contributed by atoms with E-state index in [-0.39, 0.29) is 17.6 Å². The smallest absolute Gasteiger partial charge is 0.243 e. The number of benzene rings is 3. The molecule has 0 unspecified atom stereocenters. The topological polar surface area (TPSA) is 78.4 Å². The van der Waals surface area contributed by atoms with Crippen LogP contribution >= 0.6 is 0 Å². The first-order chi connectivity index (χ1) is 15.6. The zero-order valence-corrected chi connectivity index (χ0v) is 18.3. The first-order valence-electron chi connectivity index (χ1n) is 11.0. The van der Waals surface area contributed by atoms with E-state index in [0.29, 0.717) is 13.0 Å². The monoisotopic (exact) mass is 430 g/mol. The van der Waals surface area contributed by atoms with E-state index in [1.807, 2.05) is 72.8 Å². The van der Waals surface area contributed by atoms with E-state index in [1.54, 1.807) is 12.1 Å². The second-order valence-corrected chi connectivity index (χ2v) is 7.85. The molecular weight excluding hydrogens is 400 g/mol. The summed E-state index contributed by atoms with van der Waals surface area (Å²) in [5.74, 6) is -1.02. The zero-order valence-electron chi connectivity index (χ0n) is 18.3. The van der Waals surface area contributed by atoms with Gasteiger partial charge in [0.05, 0.1) is 12.0 Å². The quantitative estimate of drug-likeness (QED) is 0.442. The molecule has 3 rings (SSSR count). The lowest BCUT2D eigenvalue weighted by molar-refractivity contribution is -0.132. The Morgan fingerprint density at radius 1 is 0.812 bits per heavy atom. The molecule has 0 aromatic heterocycles. The number of unbranched alkanes of at least 4 members (excludes halogenated alkanes) is 1. The molecule has 0 saturated heterocycles. The molecule has 0 aliphatic rings. The predicted molar refractivity (Wildman–Crippen MR) is 126 cm³/mol. The molecule has 3 N–H and O–H groups in total. The molecule has 166 valence electrons. The van der Waals surface area contributed by atoms with Crippen LogP contribution in [0.2, 0.25) is 0 Å². The highest BCUT2D eigenvalue weighted by molar-refractivity contribution is 6.01. The molecule has 3 aromatic carbocycles. The van der Waals surface area contributed by atoms with Gasteiger partial charge in [0.1, 0.15) is 5.75 Å². The Morgan fingerprint density at radius 2 is 1.38 bits per heavy atom. The minimum absolute atomic E-state index is 0.201. The summed E-state index contributed by atoms with van der Waals surface area (Å²) in [5, 5.41) is 15.4. The highest BCUT2D eigenvalue weighted by atomic mass is 16.3. The minimum Gasteiger partial charge on any atom is -0.508 e. The number of amides is 2. The van der Waals surface area contributed by atoms with Gasteiger partial charge in [0.15, 0.2) is 0 Å². The third-order valence-electron chi connectivity index (χ3n) is 5.43. The van der Waals surface area contributed by atoms with E-state index in [0.717, 1.165) is 29.5 Å². The predicted octanol–water partition coefficient (Wildman–Crippen LogP) is 4.52. The van der Waals surface area contributed by atoms with Gasteiger partial charge < -0.3 is 10.4 Å².